The van der Waals surface area contributed by atoms with E-state index in [4.69, 9.17) is 9.47 Å². The SMILES string of the molecule is CC(C)CCC[C@@H](C)[C@H]1CC[C@H]2[C@@H]3CC=C4CC(OC(=O)OCc5ccccc5)CC[C@]4(C)[C@H]3CC[C@]12C. The third-order valence-electron chi connectivity index (χ3n) is 11.7. The Morgan fingerprint density at radius 2 is 1.76 bits per heavy atom. The lowest BCUT2D eigenvalue weighted by molar-refractivity contribution is -0.0620. The molecule has 0 aromatic heterocycles. The topological polar surface area (TPSA) is 35.5 Å². The van der Waals surface area contributed by atoms with Crippen molar-refractivity contribution in [2.24, 2.45) is 46.3 Å². The summed E-state index contributed by atoms with van der Waals surface area (Å²) in [6, 6.07) is 9.83. The van der Waals surface area contributed by atoms with Gasteiger partial charge in [-0.3, -0.25) is 0 Å². The van der Waals surface area contributed by atoms with Crippen molar-refractivity contribution in [3.63, 3.8) is 0 Å². The van der Waals surface area contributed by atoms with Crippen molar-refractivity contribution in [3.8, 4) is 0 Å². The molecule has 0 amide bonds. The van der Waals surface area contributed by atoms with E-state index in [9.17, 15) is 4.79 Å². The van der Waals surface area contributed by atoms with Gasteiger partial charge in [-0.2, -0.15) is 0 Å². The molecule has 1 unspecified atom stereocenters. The molecule has 38 heavy (non-hydrogen) atoms. The molecule has 210 valence electrons. The summed E-state index contributed by atoms with van der Waals surface area (Å²) in [5.74, 6) is 5.11. The molecule has 3 heteroatoms. The highest BCUT2D eigenvalue weighted by Crippen LogP contribution is 2.67. The van der Waals surface area contributed by atoms with Crippen LogP contribution in [0.4, 0.5) is 4.79 Å². The van der Waals surface area contributed by atoms with E-state index in [0.29, 0.717) is 5.41 Å². The fourth-order valence-corrected chi connectivity index (χ4v) is 9.64. The smallest absolute Gasteiger partial charge is 0.431 e. The lowest BCUT2D eigenvalue weighted by Gasteiger charge is -2.58. The number of carbonyl (C=O) groups is 1. The first-order chi connectivity index (χ1) is 18.2. The third kappa shape index (κ3) is 5.46. The lowest BCUT2D eigenvalue weighted by Crippen LogP contribution is -2.51. The summed E-state index contributed by atoms with van der Waals surface area (Å²) >= 11 is 0. The Balaban J connectivity index is 1.19. The summed E-state index contributed by atoms with van der Waals surface area (Å²) < 4.78 is 11.2. The van der Waals surface area contributed by atoms with Crippen LogP contribution < -0.4 is 0 Å². The van der Waals surface area contributed by atoms with Gasteiger partial charge in [-0.05, 0) is 96.8 Å². The highest BCUT2D eigenvalue weighted by molar-refractivity contribution is 5.60. The molecule has 4 aliphatic rings. The maximum absolute atomic E-state index is 12.4. The fraction of sp³-hybridized carbons (Fsp3) is 0.743. The molecule has 5 rings (SSSR count). The summed E-state index contributed by atoms with van der Waals surface area (Å²) in [6.07, 6.45) is 16.1. The van der Waals surface area contributed by atoms with Crippen molar-refractivity contribution in [2.75, 3.05) is 0 Å². The zero-order chi connectivity index (χ0) is 26.9. The maximum atomic E-state index is 12.4. The average molecular weight is 521 g/mol. The number of benzene rings is 1. The van der Waals surface area contributed by atoms with Crippen LogP contribution in [0.3, 0.4) is 0 Å². The van der Waals surface area contributed by atoms with Gasteiger partial charge in [-0.25, -0.2) is 4.79 Å². The van der Waals surface area contributed by atoms with Crippen molar-refractivity contribution >= 4 is 6.16 Å². The van der Waals surface area contributed by atoms with Crippen LogP contribution in [0, 0.1) is 46.3 Å². The molecule has 8 atom stereocenters. The Hall–Kier alpha value is -1.77. The highest BCUT2D eigenvalue weighted by atomic mass is 16.7. The van der Waals surface area contributed by atoms with Gasteiger partial charge in [-0.15, -0.1) is 0 Å². The van der Waals surface area contributed by atoms with E-state index >= 15 is 0 Å². The summed E-state index contributed by atoms with van der Waals surface area (Å²) in [5, 5.41) is 0. The number of allylic oxidation sites excluding steroid dienone is 1. The van der Waals surface area contributed by atoms with Gasteiger partial charge in [0.1, 0.15) is 12.7 Å². The minimum absolute atomic E-state index is 0.0504. The van der Waals surface area contributed by atoms with E-state index in [0.717, 1.165) is 60.3 Å². The molecule has 3 fully saturated rings. The van der Waals surface area contributed by atoms with E-state index in [-0.39, 0.29) is 18.1 Å². The van der Waals surface area contributed by atoms with Crippen molar-refractivity contribution in [2.45, 2.75) is 118 Å². The van der Waals surface area contributed by atoms with Gasteiger partial charge in [0.05, 0.1) is 0 Å². The van der Waals surface area contributed by atoms with E-state index < -0.39 is 6.16 Å². The van der Waals surface area contributed by atoms with Crippen LogP contribution in [0.5, 0.6) is 0 Å². The molecule has 0 aliphatic heterocycles. The van der Waals surface area contributed by atoms with Gasteiger partial charge in [0.25, 0.3) is 0 Å². The van der Waals surface area contributed by atoms with Crippen LogP contribution >= 0.6 is 0 Å². The van der Waals surface area contributed by atoms with Gasteiger partial charge < -0.3 is 9.47 Å². The standard InChI is InChI=1S/C35H52O3/c1-24(2)10-9-11-25(3)30-16-17-31-29-15-14-27-22-28(38-33(36)37-23-26-12-7-6-8-13-26)18-20-34(27,4)32(29)19-21-35(30,31)5/h6-8,12-14,24-25,28-32H,9-11,15-23H2,1-5H3/t25-,28?,29+,30-,31+,32+,34+,35-/m1/s1. The van der Waals surface area contributed by atoms with Crippen molar-refractivity contribution in [1.29, 1.82) is 0 Å². The molecule has 1 aromatic carbocycles. The molecule has 0 bridgehead atoms. The molecule has 0 N–H and O–H groups in total. The largest absolute Gasteiger partial charge is 0.508 e. The van der Waals surface area contributed by atoms with Crippen LogP contribution in [0.2, 0.25) is 0 Å². The highest BCUT2D eigenvalue weighted by Gasteiger charge is 2.59. The minimum Gasteiger partial charge on any atom is -0.431 e. The van der Waals surface area contributed by atoms with Gasteiger partial charge in [0.2, 0.25) is 0 Å². The molecular weight excluding hydrogens is 468 g/mol. The van der Waals surface area contributed by atoms with Gasteiger partial charge in [0.15, 0.2) is 0 Å². The predicted molar refractivity (Wildman–Crippen MR) is 155 cm³/mol. The van der Waals surface area contributed by atoms with Crippen LogP contribution in [0.15, 0.2) is 42.0 Å². The van der Waals surface area contributed by atoms with E-state index in [1.54, 1.807) is 5.57 Å². The molecular formula is C35H52O3. The fourth-order valence-electron chi connectivity index (χ4n) is 9.64. The summed E-state index contributed by atoms with van der Waals surface area (Å²) in [7, 11) is 0. The minimum atomic E-state index is -0.523. The monoisotopic (exact) mass is 520 g/mol. The molecule has 0 spiro atoms. The quantitative estimate of drug-likeness (QED) is 0.253. The number of fused-ring (bicyclic) bond motifs is 5. The van der Waals surface area contributed by atoms with Gasteiger partial charge in [-0.1, -0.05) is 95.9 Å². The van der Waals surface area contributed by atoms with Crippen LogP contribution in [-0.4, -0.2) is 12.3 Å². The van der Waals surface area contributed by atoms with Crippen LogP contribution in [0.25, 0.3) is 0 Å². The number of rotatable bonds is 8. The second-order valence-electron chi connectivity index (χ2n) is 14.3. The molecule has 4 aliphatic carbocycles. The lowest BCUT2D eigenvalue weighted by atomic mass is 9.47. The number of hydrogen-bond donors (Lipinski definition) is 0. The van der Waals surface area contributed by atoms with Crippen molar-refractivity contribution < 1.29 is 14.3 Å². The Labute approximate surface area is 232 Å². The van der Waals surface area contributed by atoms with E-state index in [1.807, 2.05) is 30.3 Å². The first kappa shape index (κ1) is 27.8. The van der Waals surface area contributed by atoms with Gasteiger partial charge >= 0.3 is 6.16 Å². The molecule has 3 saturated carbocycles. The Morgan fingerprint density at radius 3 is 2.53 bits per heavy atom. The maximum Gasteiger partial charge on any atom is 0.508 e. The normalized spacial score (nSPS) is 37.0. The zero-order valence-electron chi connectivity index (χ0n) is 24.7. The predicted octanol–water partition coefficient (Wildman–Crippen LogP) is 9.75. The molecule has 0 heterocycles. The van der Waals surface area contributed by atoms with Crippen LogP contribution in [-0.2, 0) is 16.1 Å². The average Bonchev–Trinajstić information content (AvgIpc) is 3.25. The Kier molecular flexibility index (Phi) is 8.32. The summed E-state index contributed by atoms with van der Waals surface area (Å²) in [4.78, 5) is 12.4. The summed E-state index contributed by atoms with van der Waals surface area (Å²) in [6.45, 7) is 12.8. The van der Waals surface area contributed by atoms with Gasteiger partial charge in [0, 0.05) is 6.42 Å². The van der Waals surface area contributed by atoms with E-state index in [1.165, 1.54) is 51.4 Å². The first-order valence-electron chi connectivity index (χ1n) is 15.8. The van der Waals surface area contributed by atoms with E-state index in [2.05, 4.69) is 40.7 Å². The second kappa shape index (κ2) is 11.4. The van der Waals surface area contributed by atoms with Crippen molar-refractivity contribution in [3.05, 3.63) is 47.5 Å². The molecule has 3 nitrogen and oxygen atoms in total. The first-order valence-corrected chi connectivity index (χ1v) is 15.8. The second-order valence-corrected chi connectivity index (χ2v) is 14.3. The number of ether oxygens (including phenoxy) is 2. The number of carbonyl (C=O) groups excluding carboxylic acids is 1. The third-order valence-corrected chi connectivity index (χ3v) is 11.7. The molecule has 0 radical (unpaired) electrons. The number of hydrogen-bond acceptors (Lipinski definition) is 3. The molecule has 0 saturated heterocycles. The summed E-state index contributed by atoms with van der Waals surface area (Å²) in [5.41, 5.74) is 3.36. The Bertz CT molecular complexity index is 982. The Morgan fingerprint density at radius 1 is 0.974 bits per heavy atom. The zero-order valence-corrected chi connectivity index (χ0v) is 24.7. The van der Waals surface area contributed by atoms with Crippen LogP contribution in [0.1, 0.15) is 111 Å². The molecule has 1 aromatic rings. The van der Waals surface area contributed by atoms with Crippen molar-refractivity contribution in [1.82, 2.24) is 0 Å².